The summed E-state index contributed by atoms with van der Waals surface area (Å²) in [5.41, 5.74) is 7.56. The van der Waals surface area contributed by atoms with Crippen LogP contribution in [-0.2, 0) is 6.54 Å². The molecule has 2 N–H and O–H groups in total. The second-order valence-corrected chi connectivity index (χ2v) is 4.67. The van der Waals surface area contributed by atoms with E-state index in [1.807, 2.05) is 36.2 Å². The summed E-state index contributed by atoms with van der Waals surface area (Å²) in [6.07, 6.45) is 1.59. The van der Waals surface area contributed by atoms with Crippen LogP contribution in [0.5, 0.6) is 5.75 Å². The summed E-state index contributed by atoms with van der Waals surface area (Å²) in [6, 6.07) is 9.56. The van der Waals surface area contributed by atoms with Gasteiger partial charge in [-0.1, -0.05) is 29.8 Å². The van der Waals surface area contributed by atoms with E-state index in [9.17, 15) is 0 Å². The van der Waals surface area contributed by atoms with Crippen molar-refractivity contribution in [2.75, 3.05) is 24.8 Å². The predicted molar refractivity (Wildman–Crippen MR) is 78.8 cm³/mol. The first-order valence-corrected chi connectivity index (χ1v) is 6.23. The number of nitrogen functional groups attached to an aromatic ring is 1. The lowest BCUT2D eigenvalue weighted by atomic mass is 10.2. The van der Waals surface area contributed by atoms with E-state index in [0.29, 0.717) is 23.1 Å². The molecule has 1 aromatic carbocycles. The number of aromatic nitrogens is 1. The third kappa shape index (κ3) is 3.09. The molecule has 0 saturated heterocycles. The molecule has 0 fully saturated rings. The molecule has 0 aliphatic heterocycles. The standard InChI is InChI=1S/C14H16ClN3O/c1-18(14-12(16)7-11(15)8-17-14)9-10-5-3-4-6-13(10)19-2/h3-8H,9,16H2,1-2H3. The zero-order valence-electron chi connectivity index (χ0n) is 10.9. The average molecular weight is 278 g/mol. The highest BCUT2D eigenvalue weighted by molar-refractivity contribution is 6.30. The molecule has 0 bridgehead atoms. The van der Waals surface area contributed by atoms with Crippen molar-refractivity contribution in [2.24, 2.45) is 0 Å². The summed E-state index contributed by atoms with van der Waals surface area (Å²) < 4.78 is 5.33. The van der Waals surface area contributed by atoms with Gasteiger partial charge in [0.25, 0.3) is 0 Å². The van der Waals surface area contributed by atoms with Crippen molar-refractivity contribution in [1.29, 1.82) is 0 Å². The first kappa shape index (κ1) is 13.5. The number of halogens is 1. The normalized spacial score (nSPS) is 10.3. The van der Waals surface area contributed by atoms with E-state index in [0.717, 1.165) is 11.3 Å². The molecule has 0 aliphatic rings. The van der Waals surface area contributed by atoms with Crippen LogP contribution >= 0.6 is 11.6 Å². The average Bonchev–Trinajstić information content (AvgIpc) is 2.39. The van der Waals surface area contributed by atoms with Crippen molar-refractivity contribution >= 4 is 23.1 Å². The maximum atomic E-state index is 5.93. The largest absolute Gasteiger partial charge is 0.496 e. The molecule has 0 atom stereocenters. The van der Waals surface area contributed by atoms with E-state index in [4.69, 9.17) is 22.1 Å². The molecule has 2 aromatic rings. The van der Waals surface area contributed by atoms with Crippen LogP contribution in [0.3, 0.4) is 0 Å². The summed E-state index contributed by atoms with van der Waals surface area (Å²) in [7, 11) is 3.59. The van der Waals surface area contributed by atoms with Gasteiger partial charge in [0.1, 0.15) is 5.75 Å². The Morgan fingerprint density at radius 3 is 2.79 bits per heavy atom. The molecule has 0 saturated carbocycles. The van der Waals surface area contributed by atoms with Gasteiger partial charge < -0.3 is 15.4 Å². The number of hydrogen-bond acceptors (Lipinski definition) is 4. The van der Waals surface area contributed by atoms with E-state index in [1.165, 1.54) is 0 Å². The topological polar surface area (TPSA) is 51.4 Å². The Bertz CT molecular complexity index is 574. The summed E-state index contributed by atoms with van der Waals surface area (Å²) >= 11 is 5.85. The molecule has 19 heavy (non-hydrogen) atoms. The van der Waals surface area contributed by atoms with Crippen molar-refractivity contribution in [3.05, 3.63) is 47.1 Å². The van der Waals surface area contributed by atoms with Gasteiger partial charge in [0.15, 0.2) is 5.82 Å². The first-order valence-electron chi connectivity index (χ1n) is 5.86. The maximum Gasteiger partial charge on any atom is 0.151 e. The van der Waals surface area contributed by atoms with Crippen LogP contribution in [0.25, 0.3) is 0 Å². The lowest BCUT2D eigenvalue weighted by Crippen LogP contribution is -2.19. The molecule has 5 heteroatoms. The minimum Gasteiger partial charge on any atom is -0.496 e. The van der Waals surface area contributed by atoms with Crippen LogP contribution in [0.15, 0.2) is 36.5 Å². The number of hydrogen-bond donors (Lipinski definition) is 1. The smallest absolute Gasteiger partial charge is 0.151 e. The highest BCUT2D eigenvalue weighted by Crippen LogP contribution is 2.26. The van der Waals surface area contributed by atoms with E-state index in [1.54, 1.807) is 19.4 Å². The maximum absolute atomic E-state index is 5.93. The Kier molecular flexibility index (Phi) is 4.12. The lowest BCUT2D eigenvalue weighted by Gasteiger charge is -2.21. The minimum absolute atomic E-state index is 0.534. The van der Waals surface area contributed by atoms with Crippen LogP contribution in [0.1, 0.15) is 5.56 Å². The number of ether oxygens (including phenoxy) is 1. The van der Waals surface area contributed by atoms with E-state index in [2.05, 4.69) is 4.98 Å². The van der Waals surface area contributed by atoms with Gasteiger partial charge >= 0.3 is 0 Å². The van der Waals surface area contributed by atoms with E-state index < -0.39 is 0 Å². The SMILES string of the molecule is COc1ccccc1CN(C)c1ncc(Cl)cc1N. The van der Waals surface area contributed by atoms with Crippen LogP contribution < -0.4 is 15.4 Å². The van der Waals surface area contributed by atoms with Crippen LogP contribution in [0.4, 0.5) is 11.5 Å². The number of nitrogens with two attached hydrogens (primary N) is 1. The molecule has 0 spiro atoms. The number of rotatable bonds is 4. The van der Waals surface area contributed by atoms with Gasteiger partial charge in [0.05, 0.1) is 17.8 Å². The number of pyridine rings is 1. The molecule has 1 aromatic heterocycles. The third-order valence-electron chi connectivity index (χ3n) is 2.82. The molecule has 0 radical (unpaired) electrons. The Labute approximate surface area is 117 Å². The first-order chi connectivity index (χ1) is 9.11. The molecule has 1 heterocycles. The second kappa shape index (κ2) is 5.80. The van der Waals surface area contributed by atoms with Crippen LogP contribution in [-0.4, -0.2) is 19.1 Å². The molecule has 0 aliphatic carbocycles. The van der Waals surface area contributed by atoms with Gasteiger partial charge in [-0.25, -0.2) is 4.98 Å². The Morgan fingerprint density at radius 1 is 1.37 bits per heavy atom. The summed E-state index contributed by atoms with van der Waals surface area (Å²) in [5, 5.41) is 0.534. The molecule has 100 valence electrons. The van der Waals surface area contributed by atoms with Gasteiger partial charge in [0.2, 0.25) is 0 Å². The van der Waals surface area contributed by atoms with Crippen LogP contribution in [0, 0.1) is 0 Å². The third-order valence-corrected chi connectivity index (χ3v) is 3.03. The minimum atomic E-state index is 0.534. The molecule has 2 rings (SSSR count). The van der Waals surface area contributed by atoms with Crippen molar-refractivity contribution in [2.45, 2.75) is 6.54 Å². The Balaban J connectivity index is 2.23. The quantitative estimate of drug-likeness (QED) is 0.933. The summed E-state index contributed by atoms with van der Waals surface area (Å²) in [4.78, 5) is 6.22. The molecular formula is C14H16ClN3O. The number of anilines is 2. The van der Waals surface area contributed by atoms with E-state index >= 15 is 0 Å². The number of methoxy groups -OCH3 is 1. The Morgan fingerprint density at radius 2 is 2.11 bits per heavy atom. The zero-order valence-corrected chi connectivity index (χ0v) is 11.7. The fourth-order valence-corrected chi connectivity index (χ4v) is 2.10. The number of nitrogens with zero attached hydrogens (tertiary/aromatic N) is 2. The lowest BCUT2D eigenvalue weighted by molar-refractivity contribution is 0.409. The van der Waals surface area contributed by atoms with Gasteiger partial charge in [0, 0.05) is 25.4 Å². The highest BCUT2D eigenvalue weighted by atomic mass is 35.5. The number of benzene rings is 1. The highest BCUT2D eigenvalue weighted by Gasteiger charge is 2.10. The van der Waals surface area contributed by atoms with E-state index in [-0.39, 0.29) is 0 Å². The zero-order chi connectivity index (χ0) is 13.8. The van der Waals surface area contributed by atoms with Gasteiger partial charge in [-0.3, -0.25) is 0 Å². The summed E-state index contributed by atoms with van der Waals surface area (Å²) in [5.74, 6) is 1.55. The van der Waals surface area contributed by atoms with Gasteiger partial charge in [-0.15, -0.1) is 0 Å². The molecule has 0 unspecified atom stereocenters. The molecule has 4 nitrogen and oxygen atoms in total. The van der Waals surface area contributed by atoms with Gasteiger partial charge in [-0.2, -0.15) is 0 Å². The summed E-state index contributed by atoms with van der Waals surface area (Å²) in [6.45, 7) is 0.656. The van der Waals surface area contributed by atoms with Crippen molar-refractivity contribution < 1.29 is 4.74 Å². The predicted octanol–water partition coefficient (Wildman–Crippen LogP) is 2.96. The second-order valence-electron chi connectivity index (χ2n) is 4.23. The fourth-order valence-electron chi connectivity index (χ4n) is 1.93. The fraction of sp³-hybridized carbons (Fsp3) is 0.214. The Hall–Kier alpha value is -1.94. The van der Waals surface area contributed by atoms with Crippen molar-refractivity contribution in [3.8, 4) is 5.75 Å². The van der Waals surface area contributed by atoms with Crippen molar-refractivity contribution in [1.82, 2.24) is 4.98 Å². The molecule has 0 amide bonds. The van der Waals surface area contributed by atoms with Crippen LogP contribution in [0.2, 0.25) is 5.02 Å². The monoisotopic (exact) mass is 277 g/mol. The van der Waals surface area contributed by atoms with Crippen molar-refractivity contribution in [3.63, 3.8) is 0 Å². The molecular weight excluding hydrogens is 262 g/mol. The number of para-hydroxylation sites is 1. The van der Waals surface area contributed by atoms with Gasteiger partial charge in [-0.05, 0) is 12.1 Å².